The number of rotatable bonds is 19. The third-order valence-electron chi connectivity index (χ3n) is 15.6. The lowest BCUT2D eigenvalue weighted by atomic mass is 9.98. The van der Waals surface area contributed by atoms with E-state index in [4.69, 9.17) is 25.8 Å². The quantitative estimate of drug-likeness (QED) is 0.0194. The molecule has 3 fully saturated rings. The van der Waals surface area contributed by atoms with Gasteiger partial charge in [0.05, 0.1) is 28.2 Å². The number of ether oxygens (including phenoxy) is 3. The van der Waals surface area contributed by atoms with Crippen LogP contribution in [0, 0.1) is 27.9 Å². The molecule has 1 unspecified atom stereocenters. The van der Waals surface area contributed by atoms with Gasteiger partial charge in [0.15, 0.2) is 0 Å². The van der Waals surface area contributed by atoms with E-state index >= 15 is 0 Å². The van der Waals surface area contributed by atoms with Crippen LogP contribution in [0.3, 0.4) is 0 Å². The Morgan fingerprint density at radius 2 is 1.69 bits per heavy atom. The number of carbonyl (C=O) groups excluding carboxylic acids is 4. The summed E-state index contributed by atoms with van der Waals surface area (Å²) >= 11 is 6.34. The highest BCUT2D eigenvalue weighted by Crippen LogP contribution is 2.37. The summed E-state index contributed by atoms with van der Waals surface area (Å²) in [5.74, 6) is 5.90. The van der Waals surface area contributed by atoms with Gasteiger partial charge in [0.2, 0.25) is 11.8 Å². The van der Waals surface area contributed by atoms with Gasteiger partial charge in [0.1, 0.15) is 34.6 Å². The molecule has 4 aliphatic rings. The Labute approximate surface area is 490 Å². The SMILES string of the molecule is O=C1CCC(N2Cc3c(C#CCCCCOc4cccc(-c5ccc(Cl)cc5)c4CN4CCN(c5ccc(C(=O)NS(=O)(=O)c6ccc(NCC7CCOCC7)c([N+](=O)[O-])c6)c(Oc6cnc7[nH]ccc7c6)c5)CC4)cccc3C2=O)C(=O)N1. The molecule has 3 saturated heterocycles. The van der Waals surface area contributed by atoms with Crippen molar-refractivity contribution >= 4 is 73.3 Å². The monoisotopic (exact) mass is 1170 g/mol. The number of piperidine rings is 1. The number of aromatic nitrogens is 2. The summed E-state index contributed by atoms with van der Waals surface area (Å²) in [4.78, 5) is 76.4. The number of nitro benzene ring substituents is 1. The van der Waals surface area contributed by atoms with E-state index in [1.165, 1.54) is 29.3 Å². The second kappa shape index (κ2) is 25.4. The molecule has 0 spiro atoms. The highest BCUT2D eigenvalue weighted by atomic mass is 35.5. The molecule has 84 heavy (non-hydrogen) atoms. The molecule has 22 heteroatoms. The smallest absolute Gasteiger partial charge is 0.293 e. The molecule has 4 N–H and O–H groups in total. The molecule has 0 radical (unpaired) electrons. The van der Waals surface area contributed by atoms with Gasteiger partial charge in [-0.05, 0) is 121 Å². The number of fused-ring (bicyclic) bond motifs is 2. The first-order valence-corrected chi connectivity index (χ1v) is 29.8. The Morgan fingerprint density at radius 3 is 2.49 bits per heavy atom. The third-order valence-corrected chi connectivity index (χ3v) is 17.2. The van der Waals surface area contributed by atoms with Gasteiger partial charge >= 0.3 is 0 Å². The number of amides is 4. The topological polar surface area (TPSA) is 248 Å². The summed E-state index contributed by atoms with van der Waals surface area (Å²) in [6, 6.07) is 30.5. The number of benzene rings is 5. The first-order chi connectivity index (χ1) is 40.7. The molecule has 7 aromatic rings. The van der Waals surface area contributed by atoms with Gasteiger partial charge in [-0.1, -0.05) is 53.8 Å². The van der Waals surface area contributed by atoms with Crippen molar-refractivity contribution in [1.82, 2.24) is 29.8 Å². The number of nitrogens with zero attached hydrogens (tertiary/aromatic N) is 5. The first-order valence-electron chi connectivity index (χ1n) is 27.9. The van der Waals surface area contributed by atoms with Crippen LogP contribution in [0.2, 0.25) is 5.02 Å². The molecule has 1 atom stereocenters. The van der Waals surface area contributed by atoms with Crippen LogP contribution in [-0.4, -0.2) is 115 Å². The molecule has 4 aliphatic heterocycles. The number of carbonyl (C=O) groups is 4. The van der Waals surface area contributed by atoms with Crippen LogP contribution in [0.5, 0.6) is 17.2 Å². The highest BCUT2D eigenvalue weighted by molar-refractivity contribution is 7.90. The van der Waals surface area contributed by atoms with Gasteiger partial charge in [-0.15, -0.1) is 0 Å². The zero-order chi connectivity index (χ0) is 58.3. The van der Waals surface area contributed by atoms with Crippen molar-refractivity contribution in [1.29, 1.82) is 0 Å². The summed E-state index contributed by atoms with van der Waals surface area (Å²) in [7, 11) is -4.62. The van der Waals surface area contributed by atoms with Crippen molar-refractivity contribution in [3.63, 3.8) is 0 Å². The maximum atomic E-state index is 14.1. The van der Waals surface area contributed by atoms with Crippen LogP contribution in [0.25, 0.3) is 22.2 Å². The molecule has 0 bridgehead atoms. The van der Waals surface area contributed by atoms with Gasteiger partial charge in [0.25, 0.3) is 27.5 Å². The lowest BCUT2D eigenvalue weighted by Gasteiger charge is -2.37. The molecule has 432 valence electrons. The van der Waals surface area contributed by atoms with Gasteiger partial charge < -0.3 is 34.3 Å². The van der Waals surface area contributed by atoms with Crippen LogP contribution in [0.4, 0.5) is 17.1 Å². The number of sulfonamides is 1. The maximum Gasteiger partial charge on any atom is 0.293 e. The Morgan fingerprint density at radius 1 is 0.893 bits per heavy atom. The van der Waals surface area contributed by atoms with E-state index < -0.39 is 43.4 Å². The molecule has 0 aliphatic carbocycles. The Hall–Kier alpha value is -8.81. The van der Waals surface area contributed by atoms with Crippen molar-refractivity contribution in [3.8, 4) is 40.2 Å². The van der Waals surface area contributed by atoms with E-state index in [9.17, 15) is 37.7 Å². The van der Waals surface area contributed by atoms with E-state index in [1.807, 2.05) is 48.5 Å². The number of piperazine rings is 1. The minimum Gasteiger partial charge on any atom is -0.493 e. The molecule has 0 saturated carbocycles. The minimum absolute atomic E-state index is 0.0702. The first kappa shape index (κ1) is 57.0. The number of nitro groups is 1. The van der Waals surface area contributed by atoms with Crippen molar-refractivity contribution in [2.75, 3.05) is 62.8 Å². The number of nitrogens with one attached hydrogen (secondary N) is 4. The summed E-state index contributed by atoms with van der Waals surface area (Å²) in [5, 5.41) is 19.0. The number of anilines is 2. The number of hydrogen-bond acceptors (Lipinski definition) is 15. The molecule has 5 aromatic carbocycles. The summed E-state index contributed by atoms with van der Waals surface area (Å²) in [5.41, 5.74) is 6.08. The van der Waals surface area contributed by atoms with Crippen molar-refractivity contribution in [2.45, 2.75) is 69.0 Å². The Balaban J connectivity index is 0.752. The molecular weight excluding hydrogens is 1110 g/mol. The normalized spacial score (nSPS) is 16.6. The average molecular weight is 1170 g/mol. The lowest BCUT2D eigenvalue weighted by Crippen LogP contribution is -2.52. The lowest BCUT2D eigenvalue weighted by molar-refractivity contribution is -0.384. The third kappa shape index (κ3) is 13.0. The predicted octanol–water partition coefficient (Wildman–Crippen LogP) is 9.23. The maximum absolute atomic E-state index is 14.1. The second-order valence-electron chi connectivity index (χ2n) is 21.1. The number of aromatic amines is 1. The molecule has 11 rings (SSSR count). The zero-order valence-corrected chi connectivity index (χ0v) is 47.3. The standard InChI is InChI=1S/C62H60ClN9O11S/c63-44-14-12-42(13-15-44)48-9-6-11-56(82-30-4-2-1-3-7-41-8-5-10-49-51(41)39-71(62(49)76)54-20-21-58(73)67-61(54)75)52(48)38-69-26-28-70(29-27-69)45-16-18-50(57(34-45)83-46-33-43-22-25-64-59(43)66-37-46)60(74)68-84(79,80)47-17-19-53(55(35-47)72(77)78)65-36-40-23-31-81-32-24-40/h5-6,8-19,22,25,33-35,37,40,54,65H,1-2,4,20-21,23-24,26-32,36,38-39H2,(H,64,66)(H,68,74)(H,67,73,75). The summed E-state index contributed by atoms with van der Waals surface area (Å²) in [6.45, 7) is 5.44. The second-order valence-corrected chi connectivity index (χ2v) is 23.2. The van der Waals surface area contributed by atoms with E-state index in [0.29, 0.717) is 93.9 Å². The number of imide groups is 1. The van der Waals surface area contributed by atoms with Crippen LogP contribution in [0.1, 0.15) is 82.4 Å². The number of H-pyrrole nitrogens is 1. The number of pyridine rings is 1. The zero-order valence-electron chi connectivity index (χ0n) is 45.7. The fourth-order valence-electron chi connectivity index (χ4n) is 11.0. The van der Waals surface area contributed by atoms with E-state index in [2.05, 4.69) is 53.0 Å². The predicted molar refractivity (Wildman–Crippen MR) is 315 cm³/mol. The fraction of sp³-hybridized carbons (Fsp3) is 0.306. The van der Waals surface area contributed by atoms with Crippen molar-refractivity contribution in [3.05, 3.63) is 165 Å². The van der Waals surface area contributed by atoms with Crippen molar-refractivity contribution in [2.24, 2.45) is 5.92 Å². The summed E-state index contributed by atoms with van der Waals surface area (Å²) < 4.78 is 48.1. The van der Waals surface area contributed by atoms with Crippen LogP contribution in [0.15, 0.2) is 126 Å². The number of halogens is 1. The Bertz CT molecular complexity index is 3850. The summed E-state index contributed by atoms with van der Waals surface area (Å²) in [6.07, 6.45) is 7.42. The number of unbranched alkanes of at least 4 members (excludes halogenated alkanes) is 2. The van der Waals surface area contributed by atoms with Gasteiger partial charge in [-0.25, -0.2) is 18.1 Å². The Kier molecular flexibility index (Phi) is 17.2. The highest BCUT2D eigenvalue weighted by Gasteiger charge is 2.40. The van der Waals surface area contributed by atoms with Gasteiger partial charge in [0, 0.05) is 123 Å². The van der Waals surface area contributed by atoms with Crippen LogP contribution in [-0.2, 0) is 37.4 Å². The van der Waals surface area contributed by atoms with E-state index in [1.54, 1.807) is 36.5 Å². The van der Waals surface area contributed by atoms with E-state index in [0.717, 1.165) is 76.4 Å². The largest absolute Gasteiger partial charge is 0.493 e. The minimum atomic E-state index is -4.62. The number of hydrogen-bond donors (Lipinski definition) is 4. The van der Waals surface area contributed by atoms with Gasteiger partial charge in [-0.3, -0.25) is 39.5 Å². The van der Waals surface area contributed by atoms with Gasteiger partial charge in [-0.2, -0.15) is 0 Å². The molecule has 20 nitrogen and oxygen atoms in total. The van der Waals surface area contributed by atoms with Crippen LogP contribution < -0.4 is 29.7 Å². The fourth-order valence-corrected chi connectivity index (χ4v) is 12.1. The van der Waals surface area contributed by atoms with E-state index in [-0.39, 0.29) is 47.7 Å². The van der Waals surface area contributed by atoms with Crippen LogP contribution >= 0.6 is 11.6 Å². The molecule has 2 aromatic heterocycles. The molecular formula is C62H60ClN9O11S. The van der Waals surface area contributed by atoms with Crippen molar-refractivity contribution < 1.29 is 46.7 Å². The molecule has 6 heterocycles. The average Bonchev–Trinajstić information content (AvgIpc) is 3.40. The molecule has 4 amide bonds.